The first-order valence-corrected chi connectivity index (χ1v) is 9.27. The van der Waals surface area contributed by atoms with Crippen molar-refractivity contribution < 1.29 is 4.79 Å². The van der Waals surface area contributed by atoms with Gasteiger partial charge in [0.15, 0.2) is 5.78 Å². The number of aliphatic imine (C=N–C) groups is 2. The van der Waals surface area contributed by atoms with E-state index in [0.29, 0.717) is 13.0 Å². The molecule has 0 aromatic heterocycles. The highest BCUT2D eigenvalue weighted by molar-refractivity contribution is 5.87. The molecule has 2 aromatic carbocycles. The summed E-state index contributed by atoms with van der Waals surface area (Å²) in [5.74, 6) is 0.191. The van der Waals surface area contributed by atoms with Crippen LogP contribution >= 0.6 is 0 Å². The Balaban J connectivity index is 1.86. The van der Waals surface area contributed by atoms with Crippen molar-refractivity contribution in [2.75, 3.05) is 6.54 Å². The molecule has 26 heavy (non-hydrogen) atoms. The number of Topliss-reactive ketones (excluding diaryl/α,β-unsaturated/α-hetero) is 1. The van der Waals surface area contributed by atoms with Crippen LogP contribution in [0.2, 0.25) is 0 Å². The van der Waals surface area contributed by atoms with Crippen LogP contribution in [0.5, 0.6) is 0 Å². The first-order chi connectivity index (χ1) is 12.6. The van der Waals surface area contributed by atoms with Gasteiger partial charge in [-0.1, -0.05) is 66.6 Å². The molecule has 0 heterocycles. The molecule has 1 atom stereocenters. The molecule has 0 saturated carbocycles. The second-order valence-corrected chi connectivity index (χ2v) is 6.61. The number of ketones is 1. The van der Waals surface area contributed by atoms with Gasteiger partial charge in [0.25, 0.3) is 0 Å². The number of aryl methyl sites for hydroxylation is 2. The zero-order valence-corrected chi connectivity index (χ0v) is 16.0. The topological polar surface area (TPSA) is 41.8 Å². The lowest BCUT2D eigenvalue weighted by atomic mass is 10.1. The molecule has 0 aliphatic rings. The number of benzene rings is 2. The second kappa shape index (κ2) is 10.4. The van der Waals surface area contributed by atoms with Crippen molar-refractivity contribution in [1.82, 2.24) is 0 Å². The Labute approximate surface area is 156 Å². The van der Waals surface area contributed by atoms with Gasteiger partial charge < -0.3 is 0 Å². The summed E-state index contributed by atoms with van der Waals surface area (Å²) in [6, 6.07) is 16.2. The van der Waals surface area contributed by atoms with E-state index >= 15 is 0 Å². The van der Waals surface area contributed by atoms with E-state index < -0.39 is 0 Å². The average Bonchev–Trinajstić information content (AvgIpc) is 2.66. The van der Waals surface area contributed by atoms with Gasteiger partial charge in [0.05, 0.1) is 0 Å². The fraction of sp³-hybridized carbons (Fsp3) is 0.348. The van der Waals surface area contributed by atoms with Crippen LogP contribution in [0.3, 0.4) is 0 Å². The molecule has 136 valence electrons. The fourth-order valence-electron chi connectivity index (χ4n) is 2.58. The zero-order chi connectivity index (χ0) is 18.8. The second-order valence-electron chi connectivity index (χ2n) is 6.61. The Morgan fingerprint density at radius 3 is 2.00 bits per heavy atom. The van der Waals surface area contributed by atoms with Crippen LogP contribution in [0, 0.1) is 13.8 Å². The lowest BCUT2D eigenvalue weighted by Crippen LogP contribution is -2.18. The van der Waals surface area contributed by atoms with Gasteiger partial charge in [0, 0.05) is 25.4 Å². The Morgan fingerprint density at radius 1 is 0.923 bits per heavy atom. The monoisotopic (exact) mass is 348 g/mol. The van der Waals surface area contributed by atoms with Crippen molar-refractivity contribution in [3.8, 4) is 0 Å². The minimum absolute atomic E-state index is 0.191. The minimum atomic E-state index is -0.268. The van der Waals surface area contributed by atoms with Crippen molar-refractivity contribution in [3.63, 3.8) is 0 Å². The summed E-state index contributed by atoms with van der Waals surface area (Å²) in [6.07, 6.45) is 5.81. The number of carbonyl (C=O) groups is 1. The van der Waals surface area contributed by atoms with Gasteiger partial charge in [0.1, 0.15) is 6.04 Å². The maximum atomic E-state index is 12.2. The molecule has 0 amide bonds. The molecule has 3 nitrogen and oxygen atoms in total. The quantitative estimate of drug-likeness (QED) is 0.466. The smallest absolute Gasteiger partial charge is 0.157 e. The highest BCUT2D eigenvalue weighted by Crippen LogP contribution is 2.08. The molecule has 0 aliphatic heterocycles. The van der Waals surface area contributed by atoms with Crippen LogP contribution in [0.25, 0.3) is 0 Å². The molecule has 0 saturated heterocycles. The summed E-state index contributed by atoms with van der Waals surface area (Å²) < 4.78 is 0. The van der Waals surface area contributed by atoms with E-state index in [9.17, 15) is 4.79 Å². The van der Waals surface area contributed by atoms with Gasteiger partial charge in [-0.3, -0.25) is 14.8 Å². The van der Waals surface area contributed by atoms with E-state index in [2.05, 4.69) is 60.2 Å². The molecule has 0 N–H and O–H groups in total. The molecule has 0 bridgehead atoms. The van der Waals surface area contributed by atoms with Gasteiger partial charge in [-0.2, -0.15) is 0 Å². The van der Waals surface area contributed by atoms with Crippen LogP contribution < -0.4 is 0 Å². The summed E-state index contributed by atoms with van der Waals surface area (Å²) >= 11 is 0. The highest BCUT2D eigenvalue weighted by Gasteiger charge is 2.13. The summed E-state index contributed by atoms with van der Waals surface area (Å²) in [7, 11) is 0. The molecule has 2 rings (SSSR count). The van der Waals surface area contributed by atoms with Crippen molar-refractivity contribution in [2.45, 2.75) is 46.1 Å². The normalized spacial score (nSPS) is 12.7. The zero-order valence-electron chi connectivity index (χ0n) is 16.0. The van der Waals surface area contributed by atoms with E-state index in [-0.39, 0.29) is 11.8 Å². The Hall–Kier alpha value is -2.55. The van der Waals surface area contributed by atoms with Crippen molar-refractivity contribution in [2.24, 2.45) is 9.98 Å². The predicted molar refractivity (Wildman–Crippen MR) is 111 cm³/mol. The summed E-state index contributed by atoms with van der Waals surface area (Å²) in [5, 5.41) is 0. The van der Waals surface area contributed by atoms with Crippen LogP contribution in [0.4, 0.5) is 0 Å². The first kappa shape index (κ1) is 19.8. The third-order valence-corrected chi connectivity index (χ3v) is 4.28. The van der Waals surface area contributed by atoms with Crippen LogP contribution in [-0.4, -0.2) is 30.8 Å². The molecule has 0 aliphatic carbocycles. The number of nitrogens with zero attached hydrogens (tertiary/aromatic N) is 2. The molecule has 2 aromatic rings. The Bertz CT molecular complexity index is 743. The largest absolute Gasteiger partial charge is 0.297 e. The van der Waals surface area contributed by atoms with Crippen molar-refractivity contribution >= 4 is 18.2 Å². The lowest BCUT2D eigenvalue weighted by Gasteiger charge is -2.09. The summed E-state index contributed by atoms with van der Waals surface area (Å²) in [4.78, 5) is 21.2. The third-order valence-electron chi connectivity index (χ3n) is 4.28. The van der Waals surface area contributed by atoms with Gasteiger partial charge in [-0.15, -0.1) is 0 Å². The average molecular weight is 348 g/mol. The van der Waals surface area contributed by atoms with Crippen LogP contribution in [0.1, 0.15) is 48.4 Å². The van der Waals surface area contributed by atoms with Gasteiger partial charge in [-0.05, 0) is 37.8 Å². The molecule has 0 fully saturated rings. The van der Waals surface area contributed by atoms with Gasteiger partial charge in [-0.25, -0.2) is 0 Å². The summed E-state index contributed by atoms with van der Waals surface area (Å²) in [6.45, 7) is 6.73. The standard InChI is InChI=1S/C23H28N2O/c1-4-23(26)22(25-17-21-13-9-19(3)10-14-21)6-5-15-24-16-20-11-7-18(2)8-12-20/h7-14,16-17,22H,4-6,15H2,1-3H3. The van der Waals surface area contributed by atoms with E-state index in [4.69, 9.17) is 0 Å². The van der Waals surface area contributed by atoms with Crippen LogP contribution in [-0.2, 0) is 4.79 Å². The SMILES string of the molecule is CCC(=O)C(CCCN=Cc1ccc(C)cc1)N=Cc1ccc(C)cc1. The van der Waals surface area contributed by atoms with Gasteiger partial charge in [0.2, 0.25) is 0 Å². The lowest BCUT2D eigenvalue weighted by molar-refractivity contribution is -0.120. The number of carbonyl (C=O) groups excluding carboxylic acids is 1. The minimum Gasteiger partial charge on any atom is -0.297 e. The maximum absolute atomic E-state index is 12.2. The molecular formula is C23H28N2O. The summed E-state index contributed by atoms with van der Waals surface area (Å²) in [5.41, 5.74) is 4.60. The van der Waals surface area contributed by atoms with Crippen molar-refractivity contribution in [3.05, 3.63) is 70.8 Å². The van der Waals surface area contributed by atoms with E-state index in [1.807, 2.05) is 31.5 Å². The third kappa shape index (κ3) is 6.75. The molecule has 0 radical (unpaired) electrons. The van der Waals surface area contributed by atoms with E-state index in [1.54, 1.807) is 0 Å². The molecular weight excluding hydrogens is 320 g/mol. The Morgan fingerprint density at radius 2 is 1.46 bits per heavy atom. The number of rotatable bonds is 9. The molecule has 1 unspecified atom stereocenters. The molecule has 0 spiro atoms. The number of hydrogen-bond donors (Lipinski definition) is 0. The Kier molecular flexibility index (Phi) is 7.94. The maximum Gasteiger partial charge on any atom is 0.157 e. The van der Waals surface area contributed by atoms with E-state index in [0.717, 1.165) is 24.0 Å². The van der Waals surface area contributed by atoms with Crippen LogP contribution in [0.15, 0.2) is 58.5 Å². The van der Waals surface area contributed by atoms with Crippen molar-refractivity contribution in [1.29, 1.82) is 0 Å². The van der Waals surface area contributed by atoms with E-state index in [1.165, 1.54) is 11.1 Å². The fourth-order valence-corrected chi connectivity index (χ4v) is 2.58. The predicted octanol–water partition coefficient (Wildman–Crippen LogP) is 4.97. The number of hydrogen-bond acceptors (Lipinski definition) is 3. The van der Waals surface area contributed by atoms with Gasteiger partial charge >= 0.3 is 0 Å². The highest BCUT2D eigenvalue weighted by atomic mass is 16.1. The molecule has 3 heteroatoms. The first-order valence-electron chi connectivity index (χ1n) is 9.27.